The van der Waals surface area contributed by atoms with Gasteiger partial charge in [-0.25, -0.2) is 4.98 Å². The molecule has 3 atom stereocenters. The number of imidazole rings is 1. The summed E-state index contributed by atoms with van der Waals surface area (Å²) >= 11 is 0. The molecule has 0 radical (unpaired) electrons. The zero-order valence-electron chi connectivity index (χ0n) is 15.1. The quantitative estimate of drug-likeness (QED) is 0.759. The van der Waals surface area contributed by atoms with Crippen LogP contribution in [0.1, 0.15) is 37.9 Å². The fourth-order valence-corrected chi connectivity index (χ4v) is 4.52. The van der Waals surface area contributed by atoms with Gasteiger partial charge in [-0.1, -0.05) is 24.3 Å². The van der Waals surface area contributed by atoms with Gasteiger partial charge in [-0.2, -0.15) is 0 Å². The van der Waals surface area contributed by atoms with Crippen LogP contribution in [-0.4, -0.2) is 45.7 Å². The Morgan fingerprint density at radius 2 is 2.12 bits per heavy atom. The second kappa shape index (κ2) is 6.93. The van der Waals surface area contributed by atoms with E-state index in [-0.39, 0.29) is 0 Å². The summed E-state index contributed by atoms with van der Waals surface area (Å²) in [5.74, 6) is 2.05. The maximum atomic E-state index is 11.0. The van der Waals surface area contributed by atoms with Crippen LogP contribution >= 0.6 is 0 Å². The first kappa shape index (κ1) is 16.8. The molecule has 1 heterocycles. The fraction of sp³-hybridized carbons (Fsp3) is 0.571. The highest BCUT2D eigenvalue weighted by molar-refractivity contribution is 5.74. The molecule has 2 bridgehead atoms. The van der Waals surface area contributed by atoms with E-state index in [0.717, 1.165) is 62.1 Å². The molecule has 0 saturated heterocycles. The van der Waals surface area contributed by atoms with Gasteiger partial charge in [-0.3, -0.25) is 0 Å². The van der Waals surface area contributed by atoms with Crippen molar-refractivity contribution in [3.8, 4) is 0 Å². The Morgan fingerprint density at radius 3 is 2.84 bits per heavy atom. The van der Waals surface area contributed by atoms with E-state index in [1.807, 2.05) is 12.1 Å². The topological polar surface area (TPSA) is 52.2 Å². The Kier molecular flexibility index (Phi) is 4.65. The molecular weight excluding hydrogens is 310 g/mol. The molecule has 1 aromatic heterocycles. The van der Waals surface area contributed by atoms with Crippen molar-refractivity contribution in [3.63, 3.8) is 0 Å². The van der Waals surface area contributed by atoms with Crippen molar-refractivity contribution in [1.82, 2.24) is 14.9 Å². The summed E-state index contributed by atoms with van der Waals surface area (Å²) < 4.78 is 0. The first-order chi connectivity index (χ1) is 12.1. The number of fused-ring (bicyclic) bond motifs is 3. The lowest BCUT2D eigenvalue weighted by molar-refractivity contribution is -0.0599. The molecule has 4 nitrogen and oxygen atoms in total. The van der Waals surface area contributed by atoms with E-state index in [0.29, 0.717) is 11.8 Å². The minimum atomic E-state index is -0.468. The van der Waals surface area contributed by atoms with Crippen LogP contribution < -0.4 is 0 Å². The third kappa shape index (κ3) is 3.65. The highest BCUT2D eigenvalue weighted by Crippen LogP contribution is 2.44. The van der Waals surface area contributed by atoms with Crippen molar-refractivity contribution in [2.75, 3.05) is 20.1 Å². The molecule has 0 unspecified atom stereocenters. The van der Waals surface area contributed by atoms with E-state index in [1.54, 1.807) is 0 Å². The lowest BCUT2D eigenvalue weighted by Gasteiger charge is -2.45. The lowest BCUT2D eigenvalue weighted by atomic mass is 9.65. The Labute approximate surface area is 150 Å². The number of hydrogen-bond donors (Lipinski definition) is 2. The fourth-order valence-electron chi connectivity index (χ4n) is 4.52. The molecule has 0 amide bonds. The Morgan fingerprint density at radius 1 is 1.24 bits per heavy atom. The molecule has 2 aromatic rings. The predicted octanol–water partition coefficient (Wildman–Crippen LogP) is 3.53. The number of benzene rings is 1. The maximum absolute atomic E-state index is 11.0. The number of hydrogen-bond acceptors (Lipinski definition) is 3. The summed E-state index contributed by atoms with van der Waals surface area (Å²) in [7, 11) is 2.17. The summed E-state index contributed by atoms with van der Waals surface area (Å²) in [6.45, 7) is 2.00. The van der Waals surface area contributed by atoms with E-state index in [1.165, 1.54) is 6.42 Å². The third-order valence-electron chi connectivity index (χ3n) is 6.09. The van der Waals surface area contributed by atoms with E-state index >= 15 is 0 Å². The molecule has 3 aliphatic carbocycles. The van der Waals surface area contributed by atoms with Crippen molar-refractivity contribution in [2.45, 2.75) is 44.1 Å². The predicted molar refractivity (Wildman–Crippen MR) is 101 cm³/mol. The van der Waals surface area contributed by atoms with Gasteiger partial charge in [-0.05, 0) is 63.7 Å². The Hall–Kier alpha value is -1.65. The summed E-state index contributed by atoms with van der Waals surface area (Å²) in [6, 6.07) is 8.19. The number of aryl methyl sites for hydroxylation is 1. The van der Waals surface area contributed by atoms with Crippen LogP contribution in [0.3, 0.4) is 0 Å². The number of para-hydroxylation sites is 2. The lowest BCUT2D eigenvalue weighted by Crippen LogP contribution is -2.46. The molecular formula is C21H29N3O. The largest absolute Gasteiger partial charge is 0.389 e. The number of rotatable bonds is 7. The molecule has 2 N–H and O–H groups in total. The average Bonchev–Trinajstić information content (AvgIpc) is 3.04. The molecule has 25 heavy (non-hydrogen) atoms. The van der Waals surface area contributed by atoms with Crippen molar-refractivity contribution in [3.05, 3.63) is 42.2 Å². The minimum Gasteiger partial charge on any atom is -0.389 e. The highest BCUT2D eigenvalue weighted by atomic mass is 16.3. The van der Waals surface area contributed by atoms with Gasteiger partial charge in [0.15, 0.2) is 0 Å². The third-order valence-corrected chi connectivity index (χ3v) is 6.09. The first-order valence-corrected chi connectivity index (χ1v) is 9.65. The molecule has 0 spiro atoms. The van der Waals surface area contributed by atoms with Crippen LogP contribution in [0.4, 0.5) is 0 Å². The SMILES string of the molecule is CN(CCCc1nc2ccccc2[nH]1)CC[C@@]1(O)C[C@H]2C=C[C@@H]1CC2. The van der Waals surface area contributed by atoms with E-state index < -0.39 is 5.60 Å². The monoisotopic (exact) mass is 339 g/mol. The molecule has 5 rings (SSSR count). The van der Waals surface area contributed by atoms with Gasteiger partial charge >= 0.3 is 0 Å². The number of H-pyrrole nitrogens is 1. The van der Waals surface area contributed by atoms with Crippen LogP contribution in [0.5, 0.6) is 0 Å². The van der Waals surface area contributed by atoms with Crippen LogP contribution in [0, 0.1) is 11.8 Å². The number of allylic oxidation sites excluding steroid dienone is 1. The summed E-state index contributed by atoms with van der Waals surface area (Å²) in [5, 5.41) is 11.0. The normalized spacial score (nSPS) is 28.3. The Bertz CT molecular complexity index is 719. The molecule has 134 valence electrons. The van der Waals surface area contributed by atoms with Crippen molar-refractivity contribution >= 4 is 11.0 Å². The summed E-state index contributed by atoms with van der Waals surface area (Å²) in [4.78, 5) is 10.4. The highest BCUT2D eigenvalue weighted by Gasteiger charge is 2.43. The molecule has 1 saturated carbocycles. The number of nitrogens with zero attached hydrogens (tertiary/aromatic N) is 2. The second-order valence-corrected chi connectivity index (χ2v) is 7.99. The van der Waals surface area contributed by atoms with Gasteiger partial charge < -0.3 is 15.0 Å². The smallest absolute Gasteiger partial charge is 0.107 e. The number of aliphatic hydroxyl groups is 1. The van der Waals surface area contributed by atoms with E-state index in [9.17, 15) is 5.11 Å². The molecule has 3 aliphatic rings. The van der Waals surface area contributed by atoms with Crippen molar-refractivity contribution in [1.29, 1.82) is 0 Å². The zero-order chi connectivity index (χ0) is 17.3. The molecule has 4 heteroatoms. The van der Waals surface area contributed by atoms with E-state index in [4.69, 9.17) is 0 Å². The zero-order valence-corrected chi connectivity index (χ0v) is 15.1. The minimum absolute atomic E-state index is 0.376. The standard InChI is InChI=1S/C21H29N3O/c1-24(14-12-21(25)15-16-8-10-17(21)11-9-16)13-4-7-20-22-18-5-2-3-6-19(18)23-20/h2-3,5-6,8,10,16-17,25H,4,7,9,11-15H2,1H3,(H,22,23)/t16-,17+,21+/m0/s1. The maximum Gasteiger partial charge on any atom is 0.107 e. The molecule has 1 fully saturated rings. The molecule has 1 aromatic carbocycles. The summed E-state index contributed by atoms with van der Waals surface area (Å²) in [5.41, 5.74) is 1.70. The van der Waals surface area contributed by atoms with Crippen LogP contribution in [-0.2, 0) is 6.42 Å². The first-order valence-electron chi connectivity index (χ1n) is 9.65. The number of aromatic amines is 1. The van der Waals surface area contributed by atoms with Gasteiger partial charge in [0.25, 0.3) is 0 Å². The van der Waals surface area contributed by atoms with Crippen molar-refractivity contribution < 1.29 is 5.11 Å². The number of aromatic nitrogens is 2. The molecule has 0 aliphatic heterocycles. The second-order valence-electron chi connectivity index (χ2n) is 7.99. The van der Waals surface area contributed by atoms with Gasteiger partial charge in [0, 0.05) is 18.9 Å². The van der Waals surface area contributed by atoms with Gasteiger partial charge in [-0.15, -0.1) is 0 Å². The number of nitrogens with one attached hydrogen (secondary N) is 1. The van der Waals surface area contributed by atoms with Gasteiger partial charge in [0.1, 0.15) is 5.82 Å². The van der Waals surface area contributed by atoms with Gasteiger partial charge in [0.05, 0.1) is 16.6 Å². The van der Waals surface area contributed by atoms with E-state index in [2.05, 4.69) is 46.2 Å². The Balaban J connectivity index is 1.23. The van der Waals surface area contributed by atoms with Crippen molar-refractivity contribution in [2.24, 2.45) is 11.8 Å². The average molecular weight is 339 g/mol. The van der Waals surface area contributed by atoms with Gasteiger partial charge in [0.2, 0.25) is 0 Å². The van der Waals surface area contributed by atoms with Crippen LogP contribution in [0.25, 0.3) is 11.0 Å². The van der Waals surface area contributed by atoms with Crippen LogP contribution in [0.2, 0.25) is 0 Å². The summed E-state index contributed by atoms with van der Waals surface area (Å²) in [6.07, 6.45) is 10.9. The van der Waals surface area contributed by atoms with Crippen LogP contribution in [0.15, 0.2) is 36.4 Å².